The maximum atomic E-state index is 14.3. The molecule has 1 amide bonds. The van der Waals surface area contributed by atoms with E-state index < -0.39 is 30.4 Å². The highest BCUT2D eigenvalue weighted by atomic mass is 16.7. The van der Waals surface area contributed by atoms with Crippen LogP contribution in [0, 0.1) is 29.1 Å². The van der Waals surface area contributed by atoms with E-state index in [-0.39, 0.29) is 31.1 Å². The Morgan fingerprint density at radius 2 is 1.96 bits per heavy atom. The van der Waals surface area contributed by atoms with Crippen molar-refractivity contribution in [2.24, 2.45) is 34.8 Å². The highest BCUT2D eigenvalue weighted by Crippen LogP contribution is 2.61. The number of benzene rings is 2. The summed E-state index contributed by atoms with van der Waals surface area (Å²) < 4.78 is 6.10. The molecule has 10 atom stereocenters. The van der Waals surface area contributed by atoms with Gasteiger partial charge in [-0.2, -0.15) is 5.06 Å². The molecule has 2 aliphatic heterocycles. The second-order valence-corrected chi connectivity index (χ2v) is 16.3. The van der Waals surface area contributed by atoms with Gasteiger partial charge in [-0.05, 0) is 92.3 Å². The zero-order valence-corrected chi connectivity index (χ0v) is 31.2. The lowest BCUT2D eigenvalue weighted by atomic mass is 9.45. The molecule has 2 aromatic carbocycles. The number of hydrogen-bond acceptors (Lipinski definition) is 10. The van der Waals surface area contributed by atoms with Gasteiger partial charge < -0.3 is 35.8 Å². The number of nitrogens with zero attached hydrogens (tertiary/aromatic N) is 3. The van der Waals surface area contributed by atoms with E-state index in [0.717, 1.165) is 53.9 Å². The van der Waals surface area contributed by atoms with Crippen molar-refractivity contribution in [3.63, 3.8) is 0 Å². The maximum Gasteiger partial charge on any atom is 0.240 e. The molecule has 5 aliphatic rings. The number of amides is 1. The Hall–Kier alpha value is -2.77. The minimum atomic E-state index is -0.828. The summed E-state index contributed by atoms with van der Waals surface area (Å²) in [5.74, 6) is 1.60. The van der Waals surface area contributed by atoms with Crippen molar-refractivity contribution in [3.8, 4) is 16.9 Å². The Morgan fingerprint density at radius 1 is 1.20 bits per heavy atom. The molecule has 2 aromatic rings. The molecule has 3 saturated carbocycles. The lowest BCUT2D eigenvalue weighted by molar-refractivity contribution is -0.175. The van der Waals surface area contributed by atoms with Crippen LogP contribution in [0.25, 0.3) is 11.1 Å². The first-order chi connectivity index (χ1) is 23.7. The van der Waals surface area contributed by atoms with Gasteiger partial charge in [0, 0.05) is 62.0 Å². The summed E-state index contributed by atoms with van der Waals surface area (Å²) in [5.41, 5.74) is 10.8. The number of hydrogen-bond donors (Lipinski definition) is 5. The summed E-state index contributed by atoms with van der Waals surface area (Å²) in [6.45, 7) is 11.0. The van der Waals surface area contributed by atoms with Gasteiger partial charge in [-0.15, -0.1) is 0 Å². The number of aliphatic hydroxyl groups excluding tert-OH is 2. The van der Waals surface area contributed by atoms with Gasteiger partial charge in [0.1, 0.15) is 18.0 Å². The molecule has 2 bridgehead atoms. The molecule has 3 aliphatic carbocycles. The number of nitrogens with two attached hydrogens (primary N) is 1. The van der Waals surface area contributed by atoms with E-state index in [0.29, 0.717) is 28.9 Å². The fourth-order valence-corrected chi connectivity index (χ4v) is 9.47. The highest BCUT2D eigenvalue weighted by molar-refractivity contribution is 5.83. The van der Waals surface area contributed by atoms with Crippen molar-refractivity contribution in [1.82, 2.24) is 20.6 Å². The molecule has 50 heavy (non-hydrogen) atoms. The number of hydroxylamine groups is 2. The molecular formula is C39H60N6O5. The van der Waals surface area contributed by atoms with Crippen molar-refractivity contribution in [1.29, 1.82) is 0 Å². The number of likely N-dealkylation sites (N-methyl/N-ethyl adjacent to an activating group) is 1. The predicted octanol–water partition coefficient (Wildman–Crippen LogP) is 3.34. The minimum Gasteiger partial charge on any atom is -0.496 e. The number of anilines is 1. The Kier molecular flexibility index (Phi) is 10.9. The summed E-state index contributed by atoms with van der Waals surface area (Å²) >= 11 is 0. The van der Waals surface area contributed by atoms with Crippen LogP contribution in [-0.2, 0) is 16.2 Å². The average Bonchev–Trinajstić information content (AvgIpc) is 3.67. The number of aliphatic hydroxyl groups is 2. The monoisotopic (exact) mass is 692 g/mol. The van der Waals surface area contributed by atoms with Crippen molar-refractivity contribution in [2.75, 3.05) is 52.8 Å². The first kappa shape index (κ1) is 37.0. The normalized spacial score (nSPS) is 32.0. The molecule has 276 valence electrons. The van der Waals surface area contributed by atoms with E-state index in [1.165, 1.54) is 6.42 Å². The van der Waals surface area contributed by atoms with Gasteiger partial charge in [-0.3, -0.25) is 14.9 Å². The number of fused-ring (bicyclic) bond motifs is 2. The van der Waals surface area contributed by atoms with Crippen LogP contribution in [0.15, 0.2) is 36.4 Å². The number of carbonyl (C=O) groups excluding carboxylic acids is 1. The number of ether oxygens (including phenoxy) is 1. The SMILES string of the molecule is COc1c(CN2O[C@@H](CN)[C@@H]([C@H](C)O)[C@H]2C(=O)N[C@H]2C[C@@H]3C[C@H]([C@@H]2C)C3(C)C)cccc1-c1cc(C(O)N[C@@H]2CCN(C)C2)cc(N(C)C)c1. The Bertz CT molecular complexity index is 1520. The molecule has 6 N–H and O–H groups in total. The van der Waals surface area contributed by atoms with Crippen molar-refractivity contribution in [2.45, 2.75) is 90.1 Å². The second kappa shape index (κ2) is 14.7. The largest absolute Gasteiger partial charge is 0.496 e. The molecule has 0 radical (unpaired) electrons. The van der Waals surface area contributed by atoms with E-state index >= 15 is 0 Å². The smallest absolute Gasteiger partial charge is 0.240 e. The number of methoxy groups -OCH3 is 1. The number of likely N-dealkylation sites (tertiary alicyclic amines) is 1. The van der Waals surface area contributed by atoms with Crippen molar-refractivity contribution >= 4 is 11.6 Å². The van der Waals surface area contributed by atoms with Crippen LogP contribution in [0.4, 0.5) is 5.69 Å². The molecule has 11 heteroatoms. The Labute approximate surface area is 298 Å². The van der Waals surface area contributed by atoms with Crippen LogP contribution in [0.3, 0.4) is 0 Å². The zero-order chi connectivity index (χ0) is 36.1. The fraction of sp³-hybridized carbons (Fsp3) is 0.667. The number of carbonyl (C=O) groups is 1. The highest BCUT2D eigenvalue weighted by Gasteiger charge is 2.57. The van der Waals surface area contributed by atoms with Crippen molar-refractivity contribution < 1.29 is 24.6 Å². The van der Waals surface area contributed by atoms with Crippen LogP contribution in [-0.4, -0.2) is 104 Å². The quantitative estimate of drug-likeness (QED) is 0.211. The van der Waals surface area contributed by atoms with E-state index in [2.05, 4.69) is 49.4 Å². The average molecular weight is 693 g/mol. The molecule has 0 aromatic heterocycles. The maximum absolute atomic E-state index is 14.3. The van der Waals surface area contributed by atoms with E-state index in [1.54, 1.807) is 19.1 Å². The van der Waals surface area contributed by atoms with Crippen LogP contribution < -0.4 is 26.0 Å². The summed E-state index contributed by atoms with van der Waals surface area (Å²) in [5, 5.41) is 30.8. The predicted molar refractivity (Wildman–Crippen MR) is 196 cm³/mol. The van der Waals surface area contributed by atoms with Gasteiger partial charge in [-0.1, -0.05) is 39.0 Å². The third-order valence-electron chi connectivity index (χ3n) is 12.6. The van der Waals surface area contributed by atoms with Gasteiger partial charge in [-0.25, -0.2) is 0 Å². The summed E-state index contributed by atoms with van der Waals surface area (Å²) in [6, 6.07) is 11.7. The summed E-state index contributed by atoms with van der Waals surface area (Å²) in [7, 11) is 7.73. The molecule has 2 heterocycles. The molecule has 1 unspecified atom stereocenters. The molecule has 2 saturated heterocycles. The van der Waals surface area contributed by atoms with Crippen LogP contribution in [0.1, 0.15) is 64.3 Å². The van der Waals surface area contributed by atoms with Gasteiger partial charge in [0.15, 0.2) is 0 Å². The minimum absolute atomic E-state index is 0.0863. The molecule has 0 spiro atoms. The topological polar surface area (TPSA) is 136 Å². The van der Waals surface area contributed by atoms with Gasteiger partial charge in [0.25, 0.3) is 0 Å². The zero-order valence-electron chi connectivity index (χ0n) is 31.2. The lowest BCUT2D eigenvalue weighted by Gasteiger charge is -2.62. The fourth-order valence-electron chi connectivity index (χ4n) is 9.47. The summed E-state index contributed by atoms with van der Waals surface area (Å²) in [6.07, 6.45) is 1.05. The third-order valence-corrected chi connectivity index (χ3v) is 12.6. The Morgan fingerprint density at radius 3 is 2.56 bits per heavy atom. The van der Waals surface area contributed by atoms with E-state index in [9.17, 15) is 15.0 Å². The number of nitrogens with one attached hydrogen (secondary N) is 2. The van der Waals surface area contributed by atoms with Crippen LogP contribution in [0.2, 0.25) is 0 Å². The molecule has 11 nitrogen and oxygen atoms in total. The van der Waals surface area contributed by atoms with Gasteiger partial charge in [0.2, 0.25) is 5.91 Å². The Balaban J connectivity index is 1.28. The van der Waals surface area contributed by atoms with E-state index in [1.807, 2.05) is 49.3 Å². The first-order valence-corrected chi connectivity index (χ1v) is 18.5. The van der Waals surface area contributed by atoms with E-state index in [4.69, 9.17) is 15.3 Å². The first-order valence-electron chi connectivity index (χ1n) is 18.5. The van der Waals surface area contributed by atoms with Crippen LogP contribution >= 0.6 is 0 Å². The molecule has 7 rings (SSSR count). The van der Waals surface area contributed by atoms with Gasteiger partial charge >= 0.3 is 0 Å². The standard InChI is InChI=1S/C39H60N6O5/c1-22-31-17-27(39(31,3)4)18-32(22)42-38(48)35-34(23(2)46)33(19-40)50-45(35)20-24-10-9-11-30(36(24)49-8)25-14-26(16-29(15-25)43(5)6)37(47)41-28-12-13-44(7)21-28/h9-11,14-16,22-23,27-28,31-35,37,41,46-47H,12-13,17-21,40H2,1-8H3,(H,42,48)/t22-,23-,27-,28+,31+,32-,33-,34+,35-,37?/m0/s1. The third kappa shape index (κ3) is 7.02. The van der Waals surface area contributed by atoms with Gasteiger partial charge in [0.05, 0.1) is 25.9 Å². The number of rotatable bonds is 12. The second-order valence-electron chi connectivity index (χ2n) is 16.3. The van der Waals surface area contributed by atoms with Crippen LogP contribution in [0.5, 0.6) is 5.75 Å². The van der Waals surface area contributed by atoms with Crippen molar-refractivity contribution in [3.05, 3.63) is 47.5 Å². The lowest BCUT2D eigenvalue weighted by Crippen LogP contribution is -2.62. The summed E-state index contributed by atoms with van der Waals surface area (Å²) in [4.78, 5) is 24.9. The molecular weight excluding hydrogens is 632 g/mol. The molecule has 5 fully saturated rings. The number of para-hydroxylation sites is 1.